The van der Waals surface area contributed by atoms with Gasteiger partial charge in [0.2, 0.25) is 11.7 Å². The molecule has 2 aromatic rings. The molecule has 6 heteroatoms. The Kier molecular flexibility index (Phi) is 8.02. The third-order valence-corrected chi connectivity index (χ3v) is 5.43. The van der Waals surface area contributed by atoms with Crippen molar-refractivity contribution >= 4 is 29.4 Å². The molecule has 0 heterocycles. The van der Waals surface area contributed by atoms with E-state index in [1.807, 2.05) is 33.8 Å². The van der Waals surface area contributed by atoms with Gasteiger partial charge in [-0.1, -0.05) is 24.3 Å². The Morgan fingerprint density at radius 3 is 2.34 bits per heavy atom. The Balaban J connectivity index is 2.07. The molecule has 1 atom stereocenters. The van der Waals surface area contributed by atoms with Gasteiger partial charge in [-0.3, -0.25) is 9.59 Å². The SMILES string of the molecule is Cc1ccc(C(=O)[C@@H](C)OC(=O)c2ccccc2SCC(=O)NC(C)C)cc1C. The van der Waals surface area contributed by atoms with Gasteiger partial charge >= 0.3 is 5.97 Å². The number of hydrogen-bond donors (Lipinski definition) is 1. The van der Waals surface area contributed by atoms with Gasteiger partial charge < -0.3 is 10.1 Å². The second kappa shape index (κ2) is 10.3. The van der Waals surface area contributed by atoms with Crippen molar-refractivity contribution in [1.29, 1.82) is 0 Å². The molecule has 0 aliphatic carbocycles. The maximum atomic E-state index is 12.7. The Bertz CT molecular complexity index is 908. The minimum absolute atomic E-state index is 0.0561. The number of carbonyl (C=O) groups is 3. The van der Waals surface area contributed by atoms with Crippen molar-refractivity contribution in [2.75, 3.05) is 5.75 Å². The summed E-state index contributed by atoms with van der Waals surface area (Å²) in [6.07, 6.45) is -0.910. The maximum Gasteiger partial charge on any atom is 0.339 e. The normalized spacial score (nSPS) is 11.8. The lowest BCUT2D eigenvalue weighted by molar-refractivity contribution is -0.119. The van der Waals surface area contributed by atoms with Crippen molar-refractivity contribution < 1.29 is 19.1 Å². The largest absolute Gasteiger partial charge is 0.451 e. The maximum absolute atomic E-state index is 12.7. The van der Waals surface area contributed by atoms with Crippen LogP contribution in [0.2, 0.25) is 0 Å². The van der Waals surface area contributed by atoms with Gasteiger partial charge in [-0.15, -0.1) is 11.8 Å². The number of carbonyl (C=O) groups excluding carboxylic acids is 3. The van der Waals surface area contributed by atoms with Crippen LogP contribution in [-0.4, -0.2) is 35.6 Å². The minimum atomic E-state index is -0.910. The lowest BCUT2D eigenvalue weighted by Gasteiger charge is -2.15. The Morgan fingerprint density at radius 1 is 1.00 bits per heavy atom. The van der Waals surface area contributed by atoms with E-state index in [0.717, 1.165) is 11.1 Å². The lowest BCUT2D eigenvalue weighted by atomic mass is 10.0. The molecule has 0 fully saturated rings. The summed E-state index contributed by atoms with van der Waals surface area (Å²) in [7, 11) is 0. The molecule has 0 aliphatic heterocycles. The van der Waals surface area contributed by atoms with Crippen molar-refractivity contribution in [1.82, 2.24) is 5.32 Å². The topological polar surface area (TPSA) is 72.5 Å². The van der Waals surface area contributed by atoms with Crippen LogP contribution >= 0.6 is 11.8 Å². The van der Waals surface area contributed by atoms with Crippen LogP contribution in [0, 0.1) is 13.8 Å². The number of rotatable bonds is 8. The van der Waals surface area contributed by atoms with E-state index in [2.05, 4.69) is 5.32 Å². The summed E-state index contributed by atoms with van der Waals surface area (Å²) in [6.45, 7) is 9.26. The third kappa shape index (κ3) is 6.46. The summed E-state index contributed by atoms with van der Waals surface area (Å²) in [5, 5.41) is 2.81. The molecule has 29 heavy (non-hydrogen) atoms. The zero-order valence-corrected chi connectivity index (χ0v) is 18.3. The molecule has 1 amide bonds. The van der Waals surface area contributed by atoms with E-state index in [0.29, 0.717) is 16.0 Å². The average molecular weight is 414 g/mol. The fourth-order valence-corrected chi connectivity index (χ4v) is 3.53. The molecule has 0 unspecified atom stereocenters. The quantitative estimate of drug-likeness (QED) is 0.396. The molecular weight excluding hydrogens is 386 g/mol. The van der Waals surface area contributed by atoms with Gasteiger partial charge in [0, 0.05) is 16.5 Å². The van der Waals surface area contributed by atoms with Crippen LogP contribution in [0.5, 0.6) is 0 Å². The van der Waals surface area contributed by atoms with Gasteiger partial charge in [-0.2, -0.15) is 0 Å². The number of Topliss-reactive ketones (excluding diaryl/α,β-unsaturated/α-hetero) is 1. The first-order chi connectivity index (χ1) is 13.7. The molecule has 0 saturated heterocycles. The molecular formula is C23H27NO4S. The Hall–Kier alpha value is -2.60. The first kappa shape index (κ1) is 22.7. The van der Waals surface area contributed by atoms with E-state index < -0.39 is 12.1 Å². The molecule has 1 N–H and O–H groups in total. The smallest absolute Gasteiger partial charge is 0.339 e. The second-order valence-electron chi connectivity index (χ2n) is 7.22. The van der Waals surface area contributed by atoms with Gasteiger partial charge in [0.15, 0.2) is 6.10 Å². The number of esters is 1. The molecule has 0 aliphatic rings. The molecule has 0 spiro atoms. The number of hydrogen-bond acceptors (Lipinski definition) is 5. The van der Waals surface area contributed by atoms with E-state index in [1.165, 1.54) is 11.8 Å². The van der Waals surface area contributed by atoms with E-state index >= 15 is 0 Å². The molecule has 5 nitrogen and oxygen atoms in total. The number of aryl methyl sites for hydroxylation is 2. The van der Waals surface area contributed by atoms with Crippen LogP contribution in [-0.2, 0) is 9.53 Å². The van der Waals surface area contributed by atoms with Crippen molar-refractivity contribution in [3.05, 3.63) is 64.7 Å². The monoisotopic (exact) mass is 413 g/mol. The van der Waals surface area contributed by atoms with Gasteiger partial charge in [-0.25, -0.2) is 4.79 Å². The highest BCUT2D eigenvalue weighted by Gasteiger charge is 2.22. The summed E-state index contributed by atoms with van der Waals surface area (Å²) < 4.78 is 5.43. The zero-order chi connectivity index (χ0) is 21.6. The number of nitrogens with one attached hydrogen (secondary N) is 1. The third-order valence-electron chi connectivity index (χ3n) is 4.36. The minimum Gasteiger partial charge on any atom is -0.451 e. The Morgan fingerprint density at radius 2 is 1.69 bits per heavy atom. The Labute approximate surface area is 176 Å². The van der Waals surface area contributed by atoms with Crippen LogP contribution in [0.25, 0.3) is 0 Å². The predicted molar refractivity (Wildman–Crippen MR) is 116 cm³/mol. The number of thioether (sulfide) groups is 1. The summed E-state index contributed by atoms with van der Waals surface area (Å²) in [5.41, 5.74) is 2.96. The lowest BCUT2D eigenvalue weighted by Crippen LogP contribution is -2.31. The van der Waals surface area contributed by atoms with Crippen molar-refractivity contribution in [3.63, 3.8) is 0 Å². The molecule has 2 rings (SSSR count). The molecule has 0 radical (unpaired) electrons. The van der Waals surface area contributed by atoms with Crippen molar-refractivity contribution in [2.45, 2.75) is 51.7 Å². The first-order valence-electron chi connectivity index (χ1n) is 9.52. The van der Waals surface area contributed by atoms with Gasteiger partial charge in [-0.05, 0) is 63.9 Å². The van der Waals surface area contributed by atoms with Crippen LogP contribution in [0.4, 0.5) is 0 Å². The molecule has 0 saturated carbocycles. The van der Waals surface area contributed by atoms with E-state index in [1.54, 1.807) is 43.3 Å². The van der Waals surface area contributed by atoms with Crippen LogP contribution in [0.1, 0.15) is 52.6 Å². The summed E-state index contributed by atoms with van der Waals surface area (Å²) in [6, 6.07) is 12.4. The van der Waals surface area contributed by atoms with Crippen molar-refractivity contribution in [2.24, 2.45) is 0 Å². The zero-order valence-electron chi connectivity index (χ0n) is 17.4. The van der Waals surface area contributed by atoms with E-state index in [-0.39, 0.29) is 23.5 Å². The van der Waals surface area contributed by atoms with Crippen molar-refractivity contribution in [3.8, 4) is 0 Å². The highest BCUT2D eigenvalue weighted by Crippen LogP contribution is 2.24. The fraction of sp³-hybridized carbons (Fsp3) is 0.348. The van der Waals surface area contributed by atoms with Gasteiger partial charge in [0.1, 0.15) is 0 Å². The van der Waals surface area contributed by atoms with Gasteiger partial charge in [0.05, 0.1) is 11.3 Å². The van der Waals surface area contributed by atoms with Crippen LogP contribution < -0.4 is 5.32 Å². The fourth-order valence-electron chi connectivity index (χ4n) is 2.68. The first-order valence-corrected chi connectivity index (χ1v) is 10.5. The van der Waals surface area contributed by atoms with Gasteiger partial charge in [0.25, 0.3) is 0 Å². The molecule has 2 aromatic carbocycles. The molecule has 154 valence electrons. The number of benzene rings is 2. The molecule has 0 bridgehead atoms. The summed E-state index contributed by atoms with van der Waals surface area (Å²) >= 11 is 1.26. The standard InChI is InChI=1S/C23H27NO4S/c1-14(2)24-21(25)13-29-20-9-7-6-8-19(20)23(27)28-17(5)22(26)18-11-10-15(3)16(4)12-18/h6-12,14,17H,13H2,1-5H3,(H,24,25)/t17-/m1/s1. The average Bonchev–Trinajstić information content (AvgIpc) is 2.67. The van der Waals surface area contributed by atoms with E-state index in [4.69, 9.17) is 4.74 Å². The number of ketones is 1. The predicted octanol–water partition coefficient (Wildman–Crippen LogP) is 4.35. The summed E-state index contributed by atoms with van der Waals surface area (Å²) in [5.74, 6) is -0.740. The number of ether oxygens (including phenoxy) is 1. The van der Waals surface area contributed by atoms with Crippen LogP contribution in [0.3, 0.4) is 0 Å². The second-order valence-corrected chi connectivity index (χ2v) is 8.24. The highest BCUT2D eigenvalue weighted by atomic mass is 32.2. The highest BCUT2D eigenvalue weighted by molar-refractivity contribution is 8.00. The van der Waals surface area contributed by atoms with Crippen LogP contribution in [0.15, 0.2) is 47.4 Å². The summed E-state index contributed by atoms with van der Waals surface area (Å²) in [4.78, 5) is 37.8. The molecule has 0 aromatic heterocycles. The van der Waals surface area contributed by atoms with E-state index in [9.17, 15) is 14.4 Å². The number of amides is 1.